The fourth-order valence-corrected chi connectivity index (χ4v) is 6.44. The van der Waals surface area contributed by atoms with Crippen LogP contribution in [0.5, 0.6) is 0 Å². The van der Waals surface area contributed by atoms with Crippen LogP contribution in [0.1, 0.15) is 61.4 Å². The van der Waals surface area contributed by atoms with Crippen molar-refractivity contribution < 1.29 is 9.90 Å². The Kier molecular flexibility index (Phi) is 3.25. The third kappa shape index (κ3) is 2.24. The number of allylic oxidation sites excluding steroid dienone is 1. The molecule has 1 atom stereocenters. The van der Waals surface area contributed by atoms with Crippen LogP contribution in [-0.2, 0) is 0 Å². The third-order valence-corrected chi connectivity index (χ3v) is 7.33. The van der Waals surface area contributed by atoms with E-state index in [1.807, 2.05) is 12.1 Å². The number of rotatable bonds is 3. The lowest BCUT2D eigenvalue weighted by Crippen LogP contribution is -2.50. The monoisotopic (exact) mass is 335 g/mol. The molecule has 0 heterocycles. The minimum atomic E-state index is -0.102. The Morgan fingerprint density at radius 3 is 2.20 bits per heavy atom. The van der Waals surface area contributed by atoms with Crippen LogP contribution in [0, 0.1) is 23.2 Å². The van der Waals surface area contributed by atoms with Crippen LogP contribution < -0.4 is 0 Å². The Labute approximate surface area is 148 Å². The van der Waals surface area contributed by atoms with Gasteiger partial charge in [-0.05, 0) is 68.6 Å². The highest BCUT2D eigenvalue weighted by Crippen LogP contribution is 2.61. The SMILES string of the molecule is C[C@@H](N=CC1=C(O)c2ccccc2C1=O)C12CC3CC(CC(C3)C1)C2. The van der Waals surface area contributed by atoms with Gasteiger partial charge in [0.05, 0.1) is 11.6 Å². The van der Waals surface area contributed by atoms with E-state index in [-0.39, 0.29) is 17.6 Å². The van der Waals surface area contributed by atoms with Crippen molar-refractivity contribution in [1.29, 1.82) is 0 Å². The molecule has 3 nitrogen and oxygen atoms in total. The zero-order chi connectivity index (χ0) is 17.2. The summed E-state index contributed by atoms with van der Waals surface area (Å²) < 4.78 is 0. The van der Waals surface area contributed by atoms with E-state index in [1.54, 1.807) is 18.3 Å². The molecule has 0 unspecified atom stereocenters. The summed E-state index contributed by atoms with van der Waals surface area (Å²) in [6.45, 7) is 2.22. The highest BCUT2D eigenvalue weighted by atomic mass is 16.3. The van der Waals surface area contributed by atoms with E-state index < -0.39 is 0 Å². The number of aliphatic hydroxyl groups is 1. The van der Waals surface area contributed by atoms with Crippen LogP contribution in [0.25, 0.3) is 5.76 Å². The number of hydrogen-bond donors (Lipinski definition) is 1. The molecule has 4 fully saturated rings. The summed E-state index contributed by atoms with van der Waals surface area (Å²) in [5, 5.41) is 10.4. The molecule has 0 radical (unpaired) electrons. The predicted octanol–water partition coefficient (Wildman–Crippen LogP) is 4.83. The van der Waals surface area contributed by atoms with E-state index in [1.165, 1.54) is 38.5 Å². The van der Waals surface area contributed by atoms with E-state index in [9.17, 15) is 9.90 Å². The Morgan fingerprint density at radius 2 is 1.64 bits per heavy atom. The van der Waals surface area contributed by atoms with Crippen molar-refractivity contribution >= 4 is 17.8 Å². The normalized spacial score (nSPS) is 37.2. The molecule has 0 amide bonds. The first kappa shape index (κ1) is 15.4. The van der Waals surface area contributed by atoms with Gasteiger partial charge in [0.25, 0.3) is 0 Å². The van der Waals surface area contributed by atoms with Crippen LogP contribution in [-0.4, -0.2) is 23.1 Å². The Hall–Kier alpha value is -1.90. The van der Waals surface area contributed by atoms with E-state index in [0.29, 0.717) is 22.1 Å². The number of benzene rings is 1. The molecule has 4 bridgehead atoms. The highest BCUT2D eigenvalue weighted by Gasteiger charge is 2.53. The highest BCUT2D eigenvalue weighted by molar-refractivity contribution is 6.30. The summed E-state index contributed by atoms with van der Waals surface area (Å²) in [5.74, 6) is 2.67. The van der Waals surface area contributed by atoms with Crippen molar-refractivity contribution in [1.82, 2.24) is 0 Å². The van der Waals surface area contributed by atoms with Gasteiger partial charge in [-0.2, -0.15) is 0 Å². The Morgan fingerprint density at radius 1 is 1.08 bits per heavy atom. The lowest BCUT2D eigenvalue weighted by molar-refractivity contribution is -0.0632. The molecule has 1 N–H and O–H groups in total. The van der Waals surface area contributed by atoms with Gasteiger partial charge in [-0.25, -0.2) is 0 Å². The molecule has 0 spiro atoms. The van der Waals surface area contributed by atoms with Gasteiger partial charge < -0.3 is 5.11 Å². The molecule has 1 aromatic rings. The number of carbonyl (C=O) groups excluding carboxylic acids is 1. The van der Waals surface area contributed by atoms with Crippen LogP contribution in [0.3, 0.4) is 0 Å². The van der Waals surface area contributed by atoms with Gasteiger partial charge in [0, 0.05) is 17.3 Å². The summed E-state index contributed by atoms with van der Waals surface area (Å²) in [4.78, 5) is 17.4. The van der Waals surface area contributed by atoms with Gasteiger partial charge in [0.2, 0.25) is 0 Å². The van der Waals surface area contributed by atoms with E-state index >= 15 is 0 Å². The molecule has 0 aromatic heterocycles. The average molecular weight is 335 g/mol. The van der Waals surface area contributed by atoms with Gasteiger partial charge in [-0.1, -0.05) is 24.3 Å². The van der Waals surface area contributed by atoms with Crippen molar-refractivity contribution in [2.24, 2.45) is 28.2 Å². The minimum absolute atomic E-state index is 0.0852. The van der Waals surface area contributed by atoms with Crippen LogP contribution in [0.15, 0.2) is 34.8 Å². The largest absolute Gasteiger partial charge is 0.506 e. The van der Waals surface area contributed by atoms with E-state index in [4.69, 9.17) is 4.99 Å². The summed E-state index contributed by atoms with van der Waals surface area (Å²) >= 11 is 0. The number of aliphatic hydroxyl groups excluding tert-OH is 1. The minimum Gasteiger partial charge on any atom is -0.506 e. The maximum Gasteiger partial charge on any atom is 0.199 e. The number of hydrogen-bond acceptors (Lipinski definition) is 3. The molecular formula is C22H25NO2. The van der Waals surface area contributed by atoms with Gasteiger partial charge >= 0.3 is 0 Å². The van der Waals surface area contributed by atoms with Gasteiger partial charge in [-0.3, -0.25) is 9.79 Å². The summed E-state index contributed by atoms with van der Waals surface area (Å²) in [7, 11) is 0. The van der Waals surface area contributed by atoms with Crippen molar-refractivity contribution in [2.75, 3.05) is 0 Å². The fourth-order valence-electron chi connectivity index (χ4n) is 6.44. The second kappa shape index (κ2) is 5.30. The molecule has 4 saturated carbocycles. The summed E-state index contributed by atoms with van der Waals surface area (Å²) in [5.41, 5.74) is 1.91. The Balaban J connectivity index is 1.41. The van der Waals surface area contributed by atoms with Gasteiger partial charge in [0.15, 0.2) is 5.78 Å². The molecule has 25 heavy (non-hydrogen) atoms. The molecule has 6 rings (SSSR count). The number of aliphatic imine (C=N–C) groups is 1. The van der Waals surface area contributed by atoms with Crippen molar-refractivity contribution in [3.63, 3.8) is 0 Å². The molecular weight excluding hydrogens is 310 g/mol. The average Bonchev–Trinajstić information content (AvgIpc) is 2.83. The smallest absolute Gasteiger partial charge is 0.199 e. The molecule has 130 valence electrons. The van der Waals surface area contributed by atoms with Gasteiger partial charge in [-0.15, -0.1) is 0 Å². The number of carbonyl (C=O) groups is 1. The van der Waals surface area contributed by atoms with Crippen molar-refractivity contribution in [3.05, 3.63) is 41.0 Å². The lowest BCUT2D eigenvalue weighted by atomic mass is 9.48. The quantitative estimate of drug-likeness (QED) is 0.805. The molecule has 0 aliphatic heterocycles. The van der Waals surface area contributed by atoms with Crippen molar-refractivity contribution in [2.45, 2.75) is 51.5 Å². The third-order valence-electron chi connectivity index (χ3n) is 7.33. The number of fused-ring (bicyclic) bond motifs is 1. The maximum absolute atomic E-state index is 12.6. The predicted molar refractivity (Wildman–Crippen MR) is 98.9 cm³/mol. The zero-order valence-corrected chi connectivity index (χ0v) is 14.7. The van der Waals surface area contributed by atoms with Crippen LogP contribution in [0.2, 0.25) is 0 Å². The van der Waals surface area contributed by atoms with E-state index in [2.05, 4.69) is 6.92 Å². The topological polar surface area (TPSA) is 49.7 Å². The Bertz CT molecular complexity index is 769. The maximum atomic E-state index is 12.6. The molecule has 3 heteroatoms. The van der Waals surface area contributed by atoms with Crippen LogP contribution in [0.4, 0.5) is 0 Å². The molecule has 1 aromatic carbocycles. The van der Waals surface area contributed by atoms with Crippen molar-refractivity contribution in [3.8, 4) is 0 Å². The molecule has 0 saturated heterocycles. The second-order valence-electron chi connectivity index (χ2n) is 8.87. The lowest BCUT2D eigenvalue weighted by Gasteiger charge is -2.58. The number of ketones is 1. The van der Waals surface area contributed by atoms with Gasteiger partial charge in [0.1, 0.15) is 5.76 Å². The molecule has 5 aliphatic rings. The summed E-state index contributed by atoms with van der Waals surface area (Å²) in [6, 6.07) is 7.48. The first-order chi connectivity index (χ1) is 12.1. The zero-order valence-electron chi connectivity index (χ0n) is 14.7. The molecule has 5 aliphatic carbocycles. The number of nitrogens with zero attached hydrogens (tertiary/aromatic N) is 1. The van der Waals surface area contributed by atoms with E-state index in [0.717, 1.165) is 17.8 Å². The second-order valence-corrected chi connectivity index (χ2v) is 8.87. The van der Waals surface area contributed by atoms with Crippen LogP contribution >= 0.6 is 0 Å². The summed E-state index contributed by atoms with van der Waals surface area (Å²) in [6.07, 6.45) is 9.84. The fraction of sp³-hybridized carbons (Fsp3) is 0.545. The standard InChI is InChI=1S/C22H25NO2/c1-13(22-9-14-6-15(10-22)8-16(7-14)11-22)23-12-19-20(24)17-4-2-3-5-18(17)21(19)25/h2-5,12-16,24H,6-11H2,1H3/t13-,14?,15?,16?,22?/m1/s1. The first-order valence-corrected chi connectivity index (χ1v) is 9.66. The number of Topliss-reactive ketones (excluding diaryl/α,β-unsaturated/α-hetero) is 1. The first-order valence-electron chi connectivity index (χ1n) is 9.66.